The normalized spacial score (nSPS) is 29.4. The van der Waals surface area contributed by atoms with Crippen LogP contribution in [-0.2, 0) is 5.41 Å². The zero-order valence-corrected chi connectivity index (χ0v) is 19.9. The smallest absolute Gasteiger partial charge is 0.504 e. The third kappa shape index (κ3) is 2.65. The van der Waals surface area contributed by atoms with Gasteiger partial charge in [-0.05, 0) is 118 Å². The average molecular weight is 456 g/mol. The Bertz CT molecular complexity index is 1440. The third-order valence-electron chi connectivity index (χ3n) is 9.94. The van der Waals surface area contributed by atoms with Crippen LogP contribution in [0.5, 0.6) is 5.75 Å². The first kappa shape index (κ1) is 20.2. The van der Waals surface area contributed by atoms with E-state index in [0.717, 1.165) is 23.7 Å². The summed E-state index contributed by atoms with van der Waals surface area (Å²) in [6, 6.07) is 29.2. The molecular formula is C32H29BO2. The molecule has 0 amide bonds. The van der Waals surface area contributed by atoms with Gasteiger partial charge in [0, 0.05) is 5.41 Å². The van der Waals surface area contributed by atoms with Crippen molar-refractivity contribution in [2.45, 2.75) is 37.5 Å². The quantitative estimate of drug-likeness (QED) is 0.341. The second-order valence-corrected chi connectivity index (χ2v) is 11.4. The lowest BCUT2D eigenvalue weighted by atomic mass is 9.43. The number of benzene rings is 4. The number of rotatable bonds is 3. The predicted molar refractivity (Wildman–Crippen MR) is 143 cm³/mol. The SMILES string of the molecule is OBOc1ccc(-c2ccc3c(c2)-c2ccc4ccccc4c2C32C3CC4CC(C3)CC2C4)cc1. The van der Waals surface area contributed by atoms with E-state index in [-0.39, 0.29) is 13.1 Å². The zero-order valence-electron chi connectivity index (χ0n) is 19.9. The molecule has 9 rings (SSSR count). The fourth-order valence-electron chi connectivity index (χ4n) is 8.98. The van der Waals surface area contributed by atoms with Crippen LogP contribution in [0.25, 0.3) is 33.0 Å². The fraction of sp³-hybridized carbons (Fsp3) is 0.312. The van der Waals surface area contributed by atoms with Crippen molar-refractivity contribution in [3.05, 3.63) is 90.0 Å². The molecule has 3 heteroatoms. The molecule has 5 aliphatic carbocycles. The first-order valence-electron chi connectivity index (χ1n) is 13.3. The molecule has 0 aliphatic heterocycles. The molecule has 0 atom stereocenters. The van der Waals surface area contributed by atoms with Crippen molar-refractivity contribution >= 4 is 18.5 Å². The number of fused-ring (bicyclic) bond motifs is 5. The molecule has 0 radical (unpaired) electrons. The van der Waals surface area contributed by atoms with E-state index in [1.807, 2.05) is 12.1 Å². The van der Waals surface area contributed by atoms with E-state index in [2.05, 4.69) is 66.7 Å². The van der Waals surface area contributed by atoms with Crippen LogP contribution in [0.1, 0.15) is 43.2 Å². The van der Waals surface area contributed by atoms with Crippen molar-refractivity contribution < 1.29 is 9.68 Å². The van der Waals surface area contributed by atoms with Crippen LogP contribution in [0, 0.1) is 23.7 Å². The standard InChI is InChI=1S/C32H29BO2/c34-33-35-26-9-5-21(6-10-26)23-8-12-30-29(18-23)28-11-7-22-3-1-2-4-27(22)31(28)32(30)24-14-19-13-20(16-24)17-25(32)15-19/h1-12,18-20,24-25,33-34H,13-17H2. The van der Waals surface area contributed by atoms with Gasteiger partial charge in [0.2, 0.25) is 0 Å². The van der Waals surface area contributed by atoms with Crippen LogP contribution >= 0.6 is 0 Å². The average Bonchev–Trinajstić information content (AvgIpc) is 3.18. The third-order valence-corrected chi connectivity index (χ3v) is 9.94. The van der Waals surface area contributed by atoms with Crippen LogP contribution in [0.4, 0.5) is 0 Å². The maximum absolute atomic E-state index is 9.07. The molecule has 0 unspecified atom stereocenters. The molecule has 1 spiro atoms. The molecule has 172 valence electrons. The Morgan fingerprint density at radius 2 is 1.43 bits per heavy atom. The second-order valence-electron chi connectivity index (χ2n) is 11.4. The van der Waals surface area contributed by atoms with Crippen molar-refractivity contribution in [3.63, 3.8) is 0 Å². The summed E-state index contributed by atoms with van der Waals surface area (Å²) in [6.45, 7) is 0. The summed E-state index contributed by atoms with van der Waals surface area (Å²) in [5.41, 5.74) is 8.77. The van der Waals surface area contributed by atoms with E-state index in [9.17, 15) is 0 Å². The maximum Gasteiger partial charge on any atom is 0.504 e. The molecular weight excluding hydrogens is 427 g/mol. The van der Waals surface area contributed by atoms with Gasteiger partial charge >= 0.3 is 7.69 Å². The highest BCUT2D eigenvalue weighted by molar-refractivity contribution is 6.17. The van der Waals surface area contributed by atoms with Gasteiger partial charge < -0.3 is 9.68 Å². The molecule has 4 aromatic rings. The summed E-state index contributed by atoms with van der Waals surface area (Å²) in [4.78, 5) is 0. The van der Waals surface area contributed by atoms with Crippen LogP contribution < -0.4 is 4.65 Å². The molecule has 35 heavy (non-hydrogen) atoms. The number of hydrogen-bond donors (Lipinski definition) is 1. The minimum Gasteiger partial charge on any atom is -0.539 e. The van der Waals surface area contributed by atoms with E-state index in [1.54, 1.807) is 11.1 Å². The van der Waals surface area contributed by atoms with Gasteiger partial charge in [0.25, 0.3) is 0 Å². The van der Waals surface area contributed by atoms with E-state index >= 15 is 0 Å². The van der Waals surface area contributed by atoms with Gasteiger partial charge in [0.05, 0.1) is 0 Å². The second kappa shape index (κ2) is 7.24. The summed E-state index contributed by atoms with van der Waals surface area (Å²) in [5.74, 6) is 4.13. The van der Waals surface area contributed by atoms with Crippen molar-refractivity contribution in [2.75, 3.05) is 0 Å². The summed E-state index contributed by atoms with van der Waals surface area (Å²) in [7, 11) is -0.297. The Balaban J connectivity index is 1.37. The summed E-state index contributed by atoms with van der Waals surface area (Å²) >= 11 is 0. The highest BCUT2D eigenvalue weighted by Gasteiger charge is 2.61. The molecule has 0 aromatic heterocycles. The summed E-state index contributed by atoms with van der Waals surface area (Å²) in [6.07, 6.45) is 7.10. The van der Waals surface area contributed by atoms with Gasteiger partial charge in [-0.2, -0.15) is 0 Å². The fourth-order valence-corrected chi connectivity index (χ4v) is 8.98. The summed E-state index contributed by atoms with van der Waals surface area (Å²) in [5, 5.41) is 11.9. The monoisotopic (exact) mass is 456 g/mol. The van der Waals surface area contributed by atoms with E-state index in [4.69, 9.17) is 9.68 Å². The zero-order chi connectivity index (χ0) is 23.1. The lowest BCUT2D eigenvalue weighted by Gasteiger charge is -2.61. The molecule has 4 bridgehead atoms. The Labute approximate surface area is 207 Å². The van der Waals surface area contributed by atoms with Crippen LogP contribution in [0.2, 0.25) is 0 Å². The highest BCUT2D eigenvalue weighted by Crippen LogP contribution is 2.70. The highest BCUT2D eigenvalue weighted by atomic mass is 16.5. The van der Waals surface area contributed by atoms with Crippen molar-refractivity contribution in [1.82, 2.24) is 0 Å². The Morgan fingerprint density at radius 1 is 0.714 bits per heavy atom. The van der Waals surface area contributed by atoms with Gasteiger partial charge in [0.1, 0.15) is 5.75 Å². The van der Waals surface area contributed by atoms with Gasteiger partial charge in [-0.3, -0.25) is 0 Å². The predicted octanol–water partition coefficient (Wildman–Crippen LogP) is 6.87. The lowest BCUT2D eigenvalue weighted by Crippen LogP contribution is -2.55. The van der Waals surface area contributed by atoms with E-state index in [1.165, 1.54) is 65.1 Å². The van der Waals surface area contributed by atoms with Gasteiger partial charge in [-0.1, -0.05) is 60.7 Å². The van der Waals surface area contributed by atoms with Gasteiger partial charge in [0.15, 0.2) is 0 Å². The molecule has 0 heterocycles. The van der Waals surface area contributed by atoms with Gasteiger partial charge in [-0.25, -0.2) is 0 Å². The van der Waals surface area contributed by atoms with Crippen LogP contribution in [0.3, 0.4) is 0 Å². The molecule has 5 aliphatic rings. The minimum absolute atomic E-state index is 0.177. The molecule has 1 N–H and O–H groups in total. The van der Waals surface area contributed by atoms with Crippen molar-refractivity contribution in [2.24, 2.45) is 23.7 Å². The lowest BCUT2D eigenvalue weighted by molar-refractivity contribution is -0.0393. The van der Waals surface area contributed by atoms with Crippen molar-refractivity contribution in [3.8, 4) is 28.0 Å². The van der Waals surface area contributed by atoms with Gasteiger partial charge in [-0.15, -0.1) is 0 Å². The minimum atomic E-state index is -0.297. The molecule has 0 saturated heterocycles. The van der Waals surface area contributed by atoms with Crippen molar-refractivity contribution in [1.29, 1.82) is 0 Å². The Kier molecular flexibility index (Phi) is 4.18. The molecule has 4 saturated carbocycles. The summed E-state index contributed by atoms with van der Waals surface area (Å²) < 4.78 is 5.24. The molecule has 4 aromatic carbocycles. The molecule has 2 nitrogen and oxygen atoms in total. The maximum atomic E-state index is 9.07. The first-order valence-corrected chi connectivity index (χ1v) is 13.3. The largest absolute Gasteiger partial charge is 0.539 e. The van der Waals surface area contributed by atoms with Crippen LogP contribution in [0.15, 0.2) is 78.9 Å². The Hall–Kier alpha value is -3.04. The Morgan fingerprint density at radius 3 is 2.17 bits per heavy atom. The van der Waals surface area contributed by atoms with Crippen LogP contribution in [-0.4, -0.2) is 12.7 Å². The van der Waals surface area contributed by atoms with E-state index < -0.39 is 0 Å². The number of hydrogen-bond acceptors (Lipinski definition) is 2. The molecule has 4 fully saturated rings. The topological polar surface area (TPSA) is 29.5 Å². The van der Waals surface area contributed by atoms with E-state index in [0.29, 0.717) is 5.75 Å². The first-order chi connectivity index (χ1) is 17.3.